The standard InChI is InChI=1S/C20H16N2O2/c1-24-19-8-4-7-17-16(19)12-18(22-17)20(23)21-15-10-9-13-5-2-3-6-14(13)11-15/h2-12,22H,1H3,(H,21,23). The van der Waals surface area contributed by atoms with Crippen LogP contribution in [0.4, 0.5) is 5.69 Å². The summed E-state index contributed by atoms with van der Waals surface area (Å²) in [6.07, 6.45) is 0. The van der Waals surface area contributed by atoms with Gasteiger partial charge in [0.1, 0.15) is 11.4 Å². The number of hydrogen-bond donors (Lipinski definition) is 2. The summed E-state index contributed by atoms with van der Waals surface area (Å²) in [5.74, 6) is 0.567. The molecular formula is C20H16N2O2. The van der Waals surface area contributed by atoms with Gasteiger partial charge in [-0.05, 0) is 41.1 Å². The Morgan fingerprint density at radius 3 is 2.62 bits per heavy atom. The molecule has 3 aromatic carbocycles. The van der Waals surface area contributed by atoms with Gasteiger partial charge < -0.3 is 15.0 Å². The van der Waals surface area contributed by atoms with Gasteiger partial charge in [-0.15, -0.1) is 0 Å². The van der Waals surface area contributed by atoms with E-state index in [-0.39, 0.29) is 5.91 Å². The molecule has 0 bridgehead atoms. The number of amides is 1. The molecule has 1 heterocycles. The van der Waals surface area contributed by atoms with Gasteiger partial charge in [-0.25, -0.2) is 0 Å². The molecule has 0 aliphatic carbocycles. The summed E-state index contributed by atoms with van der Waals surface area (Å²) in [5.41, 5.74) is 2.14. The Hall–Kier alpha value is -3.27. The number of hydrogen-bond acceptors (Lipinski definition) is 2. The third-order valence-electron chi connectivity index (χ3n) is 4.10. The highest BCUT2D eigenvalue weighted by Gasteiger charge is 2.12. The lowest BCUT2D eigenvalue weighted by Gasteiger charge is -2.05. The molecule has 0 aliphatic rings. The molecule has 0 saturated heterocycles. The number of aromatic nitrogens is 1. The van der Waals surface area contributed by atoms with Crippen molar-refractivity contribution in [2.24, 2.45) is 0 Å². The second-order valence-corrected chi connectivity index (χ2v) is 5.62. The molecule has 0 aliphatic heterocycles. The van der Waals surface area contributed by atoms with Gasteiger partial charge in [0.05, 0.1) is 7.11 Å². The summed E-state index contributed by atoms with van der Waals surface area (Å²) in [6, 6.07) is 21.4. The fourth-order valence-corrected chi connectivity index (χ4v) is 2.89. The van der Waals surface area contributed by atoms with Gasteiger partial charge >= 0.3 is 0 Å². The van der Waals surface area contributed by atoms with Crippen LogP contribution in [0.1, 0.15) is 10.5 Å². The van der Waals surface area contributed by atoms with Gasteiger partial charge in [0.15, 0.2) is 0 Å². The number of carbonyl (C=O) groups is 1. The average Bonchev–Trinajstić information content (AvgIpc) is 3.06. The number of carbonyl (C=O) groups excluding carboxylic acids is 1. The molecule has 24 heavy (non-hydrogen) atoms. The molecule has 0 atom stereocenters. The van der Waals surface area contributed by atoms with E-state index in [4.69, 9.17) is 4.74 Å². The van der Waals surface area contributed by atoms with E-state index in [0.717, 1.165) is 33.1 Å². The minimum absolute atomic E-state index is 0.177. The first kappa shape index (κ1) is 14.3. The van der Waals surface area contributed by atoms with Crippen molar-refractivity contribution >= 4 is 33.3 Å². The van der Waals surface area contributed by atoms with Crippen molar-refractivity contribution < 1.29 is 9.53 Å². The molecule has 0 fully saturated rings. The highest BCUT2D eigenvalue weighted by atomic mass is 16.5. The van der Waals surface area contributed by atoms with Crippen LogP contribution >= 0.6 is 0 Å². The van der Waals surface area contributed by atoms with Gasteiger partial charge in [-0.3, -0.25) is 4.79 Å². The van der Waals surface area contributed by atoms with Crippen LogP contribution in [0.25, 0.3) is 21.7 Å². The molecule has 4 rings (SSSR count). The average molecular weight is 316 g/mol. The van der Waals surface area contributed by atoms with Crippen molar-refractivity contribution in [1.29, 1.82) is 0 Å². The topological polar surface area (TPSA) is 54.1 Å². The predicted molar refractivity (Wildman–Crippen MR) is 96.8 cm³/mol. The van der Waals surface area contributed by atoms with Crippen molar-refractivity contribution in [2.45, 2.75) is 0 Å². The zero-order valence-electron chi connectivity index (χ0n) is 13.2. The van der Waals surface area contributed by atoms with E-state index in [9.17, 15) is 4.79 Å². The lowest BCUT2D eigenvalue weighted by atomic mass is 10.1. The third-order valence-corrected chi connectivity index (χ3v) is 4.10. The van der Waals surface area contributed by atoms with E-state index in [1.807, 2.05) is 66.7 Å². The number of nitrogens with one attached hydrogen (secondary N) is 2. The quantitative estimate of drug-likeness (QED) is 0.581. The Kier molecular flexibility index (Phi) is 3.43. The van der Waals surface area contributed by atoms with Crippen LogP contribution in [-0.2, 0) is 0 Å². The maximum absolute atomic E-state index is 12.5. The first-order valence-corrected chi connectivity index (χ1v) is 7.70. The molecule has 4 heteroatoms. The second kappa shape index (κ2) is 5.74. The van der Waals surface area contributed by atoms with Gasteiger partial charge in [0.25, 0.3) is 5.91 Å². The summed E-state index contributed by atoms with van der Waals surface area (Å²) >= 11 is 0. The summed E-state index contributed by atoms with van der Waals surface area (Å²) in [5, 5.41) is 6.07. The summed E-state index contributed by atoms with van der Waals surface area (Å²) in [7, 11) is 1.62. The van der Waals surface area contributed by atoms with Crippen molar-refractivity contribution in [3.05, 3.63) is 72.4 Å². The molecule has 0 unspecified atom stereocenters. The molecular weight excluding hydrogens is 300 g/mol. The molecule has 0 radical (unpaired) electrons. The molecule has 0 saturated carbocycles. The maximum atomic E-state index is 12.5. The first-order valence-electron chi connectivity index (χ1n) is 7.70. The number of ether oxygens (including phenoxy) is 1. The van der Waals surface area contributed by atoms with E-state index in [1.54, 1.807) is 7.11 Å². The number of H-pyrrole nitrogens is 1. The highest BCUT2D eigenvalue weighted by Crippen LogP contribution is 2.26. The number of rotatable bonds is 3. The number of methoxy groups -OCH3 is 1. The Labute approximate surface area is 139 Å². The van der Waals surface area contributed by atoms with Crippen LogP contribution in [0.5, 0.6) is 5.75 Å². The fourth-order valence-electron chi connectivity index (χ4n) is 2.89. The van der Waals surface area contributed by atoms with Crippen LogP contribution < -0.4 is 10.1 Å². The molecule has 1 aromatic heterocycles. The second-order valence-electron chi connectivity index (χ2n) is 5.62. The van der Waals surface area contributed by atoms with Crippen molar-refractivity contribution in [1.82, 2.24) is 4.98 Å². The Bertz CT molecular complexity index is 1050. The van der Waals surface area contributed by atoms with Crippen LogP contribution in [0.3, 0.4) is 0 Å². The SMILES string of the molecule is COc1cccc2[nH]c(C(=O)Nc3ccc4ccccc4c3)cc12. The monoisotopic (exact) mass is 316 g/mol. The van der Waals surface area contributed by atoms with Gasteiger partial charge in [0.2, 0.25) is 0 Å². The van der Waals surface area contributed by atoms with Crippen LogP contribution in [0, 0.1) is 0 Å². The van der Waals surface area contributed by atoms with Crippen LogP contribution in [0.2, 0.25) is 0 Å². The van der Waals surface area contributed by atoms with Gasteiger partial charge in [0, 0.05) is 16.6 Å². The van der Waals surface area contributed by atoms with Gasteiger partial charge in [-0.2, -0.15) is 0 Å². The van der Waals surface area contributed by atoms with E-state index in [1.165, 1.54) is 0 Å². The molecule has 4 nitrogen and oxygen atoms in total. The molecule has 0 spiro atoms. The van der Waals surface area contributed by atoms with Crippen molar-refractivity contribution in [3.8, 4) is 5.75 Å². The Morgan fingerprint density at radius 1 is 0.958 bits per heavy atom. The van der Waals surface area contributed by atoms with Crippen molar-refractivity contribution in [2.75, 3.05) is 12.4 Å². The smallest absolute Gasteiger partial charge is 0.272 e. The number of anilines is 1. The molecule has 2 N–H and O–H groups in total. The Morgan fingerprint density at radius 2 is 1.79 bits per heavy atom. The summed E-state index contributed by atoms with van der Waals surface area (Å²) in [4.78, 5) is 15.7. The zero-order chi connectivity index (χ0) is 16.5. The summed E-state index contributed by atoms with van der Waals surface area (Å²) < 4.78 is 5.34. The van der Waals surface area contributed by atoms with Crippen LogP contribution in [0.15, 0.2) is 66.7 Å². The lowest BCUT2D eigenvalue weighted by Crippen LogP contribution is -2.12. The minimum Gasteiger partial charge on any atom is -0.496 e. The third kappa shape index (κ3) is 2.48. The van der Waals surface area contributed by atoms with Crippen molar-refractivity contribution in [3.63, 3.8) is 0 Å². The molecule has 118 valence electrons. The van der Waals surface area contributed by atoms with E-state index >= 15 is 0 Å². The van der Waals surface area contributed by atoms with Gasteiger partial charge in [-0.1, -0.05) is 36.4 Å². The van der Waals surface area contributed by atoms with E-state index in [0.29, 0.717) is 5.69 Å². The minimum atomic E-state index is -0.177. The van der Waals surface area contributed by atoms with Crippen LogP contribution in [-0.4, -0.2) is 18.0 Å². The molecule has 4 aromatic rings. The molecule has 1 amide bonds. The highest BCUT2D eigenvalue weighted by molar-refractivity contribution is 6.07. The maximum Gasteiger partial charge on any atom is 0.272 e. The lowest BCUT2D eigenvalue weighted by molar-refractivity contribution is 0.102. The Balaban J connectivity index is 1.65. The number of fused-ring (bicyclic) bond motifs is 2. The number of benzene rings is 3. The fraction of sp³-hybridized carbons (Fsp3) is 0.0500. The van der Waals surface area contributed by atoms with E-state index < -0.39 is 0 Å². The number of aromatic amines is 1. The summed E-state index contributed by atoms with van der Waals surface area (Å²) in [6.45, 7) is 0. The normalized spacial score (nSPS) is 10.9. The largest absolute Gasteiger partial charge is 0.496 e. The first-order chi connectivity index (χ1) is 11.7. The predicted octanol–water partition coefficient (Wildman–Crippen LogP) is 4.58. The van der Waals surface area contributed by atoms with E-state index in [2.05, 4.69) is 10.3 Å². The zero-order valence-corrected chi connectivity index (χ0v) is 13.2.